The van der Waals surface area contributed by atoms with Gasteiger partial charge in [0.1, 0.15) is 16.8 Å². The highest BCUT2D eigenvalue weighted by atomic mass is 32.1. The van der Waals surface area contributed by atoms with Crippen LogP contribution in [-0.2, 0) is 12.7 Å². The molecule has 0 unspecified atom stereocenters. The lowest BCUT2D eigenvalue weighted by molar-refractivity contribution is -0.141. The Labute approximate surface area is 166 Å². The summed E-state index contributed by atoms with van der Waals surface area (Å²) in [7, 11) is 0. The molecule has 0 bridgehead atoms. The minimum absolute atomic E-state index is 0.0658. The van der Waals surface area contributed by atoms with Crippen molar-refractivity contribution < 1.29 is 17.6 Å². The van der Waals surface area contributed by atoms with Crippen molar-refractivity contribution in [1.82, 2.24) is 14.8 Å². The van der Waals surface area contributed by atoms with Gasteiger partial charge < -0.3 is 0 Å². The lowest BCUT2D eigenvalue weighted by atomic mass is 9.94. The Hall–Kier alpha value is -3.25. The highest BCUT2D eigenvalue weighted by molar-refractivity contribution is 7.19. The highest BCUT2D eigenvalue weighted by Gasteiger charge is 2.38. The fourth-order valence-electron chi connectivity index (χ4n) is 3.19. The van der Waals surface area contributed by atoms with E-state index in [-0.39, 0.29) is 17.7 Å². The number of aryl methyl sites for hydroxylation is 1. The van der Waals surface area contributed by atoms with Crippen LogP contribution in [0.1, 0.15) is 17.5 Å². The second kappa shape index (κ2) is 6.97. The molecule has 0 aliphatic rings. The van der Waals surface area contributed by atoms with Crippen molar-refractivity contribution in [1.29, 1.82) is 5.26 Å². The average Bonchev–Trinajstić information content (AvgIpc) is 3.31. The minimum Gasteiger partial charge on any atom is -0.272 e. The summed E-state index contributed by atoms with van der Waals surface area (Å²) in [6.07, 6.45) is -0.336. The van der Waals surface area contributed by atoms with Crippen LogP contribution in [0.3, 0.4) is 0 Å². The number of pyridine rings is 1. The SMILES string of the molecule is CCn1cc(-c2cc(F)ccc2-c2cncc3sc(C#N)cc23)c(C(F)(F)F)n1. The Kier molecular flexibility index (Phi) is 4.59. The van der Waals surface area contributed by atoms with E-state index in [4.69, 9.17) is 0 Å². The van der Waals surface area contributed by atoms with E-state index >= 15 is 0 Å². The van der Waals surface area contributed by atoms with Crippen LogP contribution in [0.4, 0.5) is 17.6 Å². The molecule has 4 rings (SSSR count). The molecule has 0 saturated carbocycles. The predicted molar refractivity (Wildman–Crippen MR) is 102 cm³/mol. The zero-order valence-electron chi connectivity index (χ0n) is 15.0. The Balaban J connectivity index is 2.03. The topological polar surface area (TPSA) is 54.5 Å². The largest absolute Gasteiger partial charge is 0.435 e. The summed E-state index contributed by atoms with van der Waals surface area (Å²) < 4.78 is 56.8. The molecule has 0 saturated heterocycles. The van der Waals surface area contributed by atoms with E-state index in [0.29, 0.717) is 21.4 Å². The van der Waals surface area contributed by atoms with Crippen molar-refractivity contribution in [3.05, 3.63) is 59.2 Å². The monoisotopic (exact) mass is 416 g/mol. The van der Waals surface area contributed by atoms with E-state index in [9.17, 15) is 22.8 Å². The molecule has 3 aromatic heterocycles. The van der Waals surface area contributed by atoms with Crippen LogP contribution in [0, 0.1) is 17.1 Å². The standard InChI is InChI=1S/C20H12F4N4S/c1-2-28-10-17(19(27-28)20(22,23)24)14-5-11(21)3-4-13(14)16-8-26-9-18-15(16)6-12(7-25)29-18/h3-6,8-10H,2H2,1H3. The molecule has 0 fully saturated rings. The Bertz CT molecular complexity index is 1260. The van der Waals surface area contributed by atoms with E-state index < -0.39 is 17.7 Å². The lowest BCUT2D eigenvalue weighted by Crippen LogP contribution is -2.09. The van der Waals surface area contributed by atoms with Crippen molar-refractivity contribution in [2.24, 2.45) is 0 Å². The molecule has 29 heavy (non-hydrogen) atoms. The Morgan fingerprint density at radius 1 is 1.10 bits per heavy atom. The third-order valence-corrected chi connectivity index (χ3v) is 5.45. The van der Waals surface area contributed by atoms with Gasteiger partial charge in [0.05, 0.1) is 4.70 Å². The van der Waals surface area contributed by atoms with Gasteiger partial charge in [-0.1, -0.05) is 6.07 Å². The molecule has 0 spiro atoms. The first-order valence-corrected chi connectivity index (χ1v) is 9.36. The number of nitriles is 1. The van der Waals surface area contributed by atoms with Gasteiger partial charge in [-0.2, -0.15) is 23.5 Å². The number of fused-ring (bicyclic) bond motifs is 1. The third kappa shape index (κ3) is 3.36. The molecule has 0 aliphatic heterocycles. The Morgan fingerprint density at radius 3 is 2.59 bits per heavy atom. The van der Waals surface area contributed by atoms with E-state index in [2.05, 4.69) is 16.2 Å². The molecule has 0 N–H and O–H groups in total. The van der Waals surface area contributed by atoms with Crippen LogP contribution in [-0.4, -0.2) is 14.8 Å². The summed E-state index contributed by atoms with van der Waals surface area (Å²) in [4.78, 5) is 4.60. The van der Waals surface area contributed by atoms with Gasteiger partial charge in [0.15, 0.2) is 5.69 Å². The van der Waals surface area contributed by atoms with Crippen molar-refractivity contribution in [2.45, 2.75) is 19.6 Å². The number of halogens is 4. The molecule has 0 radical (unpaired) electrons. The minimum atomic E-state index is -4.69. The number of aromatic nitrogens is 3. The molecule has 4 nitrogen and oxygen atoms in total. The summed E-state index contributed by atoms with van der Waals surface area (Å²) >= 11 is 1.23. The second-order valence-corrected chi connectivity index (χ2v) is 7.34. The number of hydrogen-bond donors (Lipinski definition) is 0. The summed E-state index contributed by atoms with van der Waals surface area (Å²) in [6, 6.07) is 7.40. The van der Waals surface area contributed by atoms with Crippen LogP contribution in [0.25, 0.3) is 32.3 Å². The molecule has 1 aromatic carbocycles. The van der Waals surface area contributed by atoms with Crippen LogP contribution in [0.2, 0.25) is 0 Å². The summed E-state index contributed by atoms with van der Waals surface area (Å²) in [5, 5.41) is 13.5. The van der Waals surface area contributed by atoms with Crippen LogP contribution < -0.4 is 0 Å². The number of alkyl halides is 3. The molecular formula is C20H12F4N4S. The molecule has 4 aromatic rings. The van der Waals surface area contributed by atoms with Crippen LogP contribution in [0.15, 0.2) is 42.9 Å². The first-order chi connectivity index (χ1) is 13.8. The smallest absolute Gasteiger partial charge is 0.272 e. The van der Waals surface area contributed by atoms with Gasteiger partial charge in [-0.25, -0.2) is 4.39 Å². The van der Waals surface area contributed by atoms with Crippen LogP contribution >= 0.6 is 11.3 Å². The van der Waals surface area contributed by atoms with E-state index in [1.807, 2.05) is 0 Å². The predicted octanol–water partition coefficient (Wildman–Crippen LogP) is 5.88. The summed E-state index contributed by atoms with van der Waals surface area (Å²) in [5.41, 5.74) is -0.312. The lowest BCUT2D eigenvalue weighted by Gasteiger charge is -2.12. The highest BCUT2D eigenvalue weighted by Crippen LogP contribution is 2.42. The zero-order chi connectivity index (χ0) is 20.8. The molecule has 0 aliphatic carbocycles. The molecular weight excluding hydrogens is 404 g/mol. The number of hydrogen-bond acceptors (Lipinski definition) is 4. The molecule has 146 valence electrons. The molecule has 0 amide bonds. The average molecular weight is 416 g/mol. The number of rotatable bonds is 3. The second-order valence-electron chi connectivity index (χ2n) is 6.26. The van der Waals surface area contributed by atoms with Gasteiger partial charge in [0, 0.05) is 41.6 Å². The molecule has 3 heterocycles. The first-order valence-electron chi connectivity index (χ1n) is 8.54. The number of nitrogens with zero attached hydrogens (tertiary/aromatic N) is 4. The maximum absolute atomic E-state index is 14.1. The first kappa shape index (κ1) is 19.1. The van der Waals surface area contributed by atoms with Crippen LogP contribution in [0.5, 0.6) is 0 Å². The van der Waals surface area contributed by atoms with Crippen molar-refractivity contribution >= 4 is 21.4 Å². The maximum Gasteiger partial charge on any atom is 0.435 e. The Morgan fingerprint density at radius 2 is 1.90 bits per heavy atom. The number of benzene rings is 1. The van der Waals surface area contributed by atoms with E-state index in [0.717, 1.165) is 10.8 Å². The van der Waals surface area contributed by atoms with Gasteiger partial charge >= 0.3 is 6.18 Å². The fraction of sp³-hybridized carbons (Fsp3) is 0.150. The van der Waals surface area contributed by atoms with E-state index in [1.54, 1.807) is 19.2 Å². The van der Waals surface area contributed by atoms with Crippen molar-refractivity contribution in [2.75, 3.05) is 0 Å². The number of thiophene rings is 1. The zero-order valence-corrected chi connectivity index (χ0v) is 15.8. The fourth-order valence-corrected chi connectivity index (χ4v) is 4.05. The van der Waals surface area contributed by atoms with Gasteiger partial charge in [-0.15, -0.1) is 11.3 Å². The van der Waals surface area contributed by atoms with Gasteiger partial charge in [0.25, 0.3) is 0 Å². The summed E-state index contributed by atoms with van der Waals surface area (Å²) in [6.45, 7) is 1.91. The third-order valence-electron chi connectivity index (χ3n) is 4.47. The normalized spacial score (nSPS) is 11.7. The van der Waals surface area contributed by atoms with Gasteiger partial charge in [-0.05, 0) is 36.2 Å². The maximum atomic E-state index is 14.1. The van der Waals surface area contributed by atoms with Gasteiger partial charge in [-0.3, -0.25) is 9.67 Å². The van der Waals surface area contributed by atoms with E-state index in [1.165, 1.54) is 40.5 Å². The molecule has 9 heteroatoms. The van der Waals surface area contributed by atoms with Crippen molar-refractivity contribution in [3.63, 3.8) is 0 Å². The quantitative estimate of drug-likeness (QED) is 0.392. The molecule has 0 atom stereocenters. The van der Waals surface area contributed by atoms with Gasteiger partial charge in [0.2, 0.25) is 0 Å². The summed E-state index contributed by atoms with van der Waals surface area (Å²) in [5.74, 6) is -0.663. The van der Waals surface area contributed by atoms with Crippen molar-refractivity contribution in [3.8, 4) is 28.3 Å².